The van der Waals surface area contributed by atoms with E-state index in [0.29, 0.717) is 12.2 Å². The number of aryl methyl sites for hydroxylation is 1. The number of carbonyl (C=O) groups is 1. The summed E-state index contributed by atoms with van der Waals surface area (Å²) in [5, 5.41) is 2.95. The van der Waals surface area contributed by atoms with Gasteiger partial charge in [-0.15, -0.1) is 0 Å². The third-order valence-electron chi connectivity index (χ3n) is 4.46. The molecule has 1 aliphatic rings. The highest BCUT2D eigenvalue weighted by Gasteiger charge is 2.22. The number of rotatable bonds is 5. The molecule has 2 heterocycles. The van der Waals surface area contributed by atoms with Gasteiger partial charge < -0.3 is 10.1 Å². The van der Waals surface area contributed by atoms with Crippen LogP contribution >= 0.6 is 0 Å². The standard InChI is InChI=1S/C20H26N4O2/c1-14-8-22-19(10-21-14)20(25)23-9-17-6-4-5-7-18(17)13-24-11-15(2)26-16(3)12-24/h4-8,10,15-16H,9,11-13H2,1-3H3,(H,23,25). The molecule has 0 radical (unpaired) electrons. The molecular weight excluding hydrogens is 328 g/mol. The Labute approximate surface area is 154 Å². The number of hydrogen-bond donors (Lipinski definition) is 1. The molecule has 6 heteroatoms. The van der Waals surface area contributed by atoms with Gasteiger partial charge in [0.15, 0.2) is 0 Å². The van der Waals surface area contributed by atoms with E-state index in [1.165, 1.54) is 11.8 Å². The second-order valence-corrected chi connectivity index (χ2v) is 6.95. The molecule has 2 unspecified atom stereocenters. The van der Waals surface area contributed by atoms with Crippen LogP contribution in [-0.4, -0.2) is 46.1 Å². The fourth-order valence-electron chi connectivity index (χ4n) is 3.31. The van der Waals surface area contributed by atoms with Gasteiger partial charge in [-0.05, 0) is 31.9 Å². The first-order valence-corrected chi connectivity index (χ1v) is 9.02. The summed E-state index contributed by atoms with van der Waals surface area (Å²) in [6, 6.07) is 8.22. The maximum atomic E-state index is 12.3. The Hall–Kier alpha value is -2.31. The number of ether oxygens (including phenoxy) is 1. The number of morpholine rings is 1. The highest BCUT2D eigenvalue weighted by Crippen LogP contribution is 2.17. The largest absolute Gasteiger partial charge is 0.373 e. The van der Waals surface area contributed by atoms with Crippen molar-refractivity contribution in [3.8, 4) is 0 Å². The fraction of sp³-hybridized carbons (Fsp3) is 0.450. The summed E-state index contributed by atoms with van der Waals surface area (Å²) in [7, 11) is 0. The summed E-state index contributed by atoms with van der Waals surface area (Å²) in [5.41, 5.74) is 3.47. The monoisotopic (exact) mass is 354 g/mol. The zero-order valence-electron chi connectivity index (χ0n) is 15.6. The molecule has 1 aromatic carbocycles. The third kappa shape index (κ3) is 4.86. The van der Waals surface area contributed by atoms with Crippen LogP contribution in [0, 0.1) is 6.92 Å². The highest BCUT2D eigenvalue weighted by atomic mass is 16.5. The van der Waals surface area contributed by atoms with Gasteiger partial charge in [-0.1, -0.05) is 24.3 Å². The van der Waals surface area contributed by atoms with Gasteiger partial charge in [-0.2, -0.15) is 0 Å². The minimum Gasteiger partial charge on any atom is -0.373 e. The Morgan fingerprint density at radius 3 is 2.50 bits per heavy atom. The number of aromatic nitrogens is 2. The van der Waals surface area contributed by atoms with Crippen LogP contribution in [0.25, 0.3) is 0 Å². The molecule has 1 fully saturated rings. The SMILES string of the molecule is Cc1cnc(C(=O)NCc2ccccc2CN2CC(C)OC(C)C2)cn1. The van der Waals surface area contributed by atoms with Gasteiger partial charge >= 0.3 is 0 Å². The van der Waals surface area contributed by atoms with Crippen molar-refractivity contribution in [2.45, 2.75) is 46.1 Å². The van der Waals surface area contributed by atoms with Crippen LogP contribution in [0.15, 0.2) is 36.7 Å². The van der Waals surface area contributed by atoms with E-state index < -0.39 is 0 Å². The van der Waals surface area contributed by atoms with Gasteiger partial charge in [0.25, 0.3) is 5.91 Å². The Morgan fingerprint density at radius 1 is 1.15 bits per heavy atom. The molecule has 0 spiro atoms. The van der Waals surface area contributed by atoms with Gasteiger partial charge in [0.2, 0.25) is 0 Å². The van der Waals surface area contributed by atoms with Crippen molar-refractivity contribution in [1.82, 2.24) is 20.2 Å². The molecule has 3 rings (SSSR count). The molecule has 0 bridgehead atoms. The number of carbonyl (C=O) groups excluding carboxylic acids is 1. The van der Waals surface area contributed by atoms with Crippen molar-refractivity contribution < 1.29 is 9.53 Å². The van der Waals surface area contributed by atoms with E-state index in [9.17, 15) is 4.79 Å². The van der Waals surface area contributed by atoms with Gasteiger partial charge in [0.1, 0.15) is 5.69 Å². The Morgan fingerprint density at radius 2 is 1.85 bits per heavy atom. The van der Waals surface area contributed by atoms with E-state index in [1.54, 1.807) is 6.20 Å². The van der Waals surface area contributed by atoms with Crippen molar-refractivity contribution in [3.63, 3.8) is 0 Å². The summed E-state index contributed by atoms with van der Waals surface area (Å²) in [4.78, 5) is 22.9. The number of nitrogens with zero attached hydrogens (tertiary/aromatic N) is 3. The predicted molar refractivity (Wildman–Crippen MR) is 99.7 cm³/mol. The lowest BCUT2D eigenvalue weighted by Crippen LogP contribution is -2.45. The summed E-state index contributed by atoms with van der Waals surface area (Å²) in [5.74, 6) is -0.207. The second-order valence-electron chi connectivity index (χ2n) is 6.95. The van der Waals surface area contributed by atoms with Crippen molar-refractivity contribution >= 4 is 5.91 Å². The zero-order valence-corrected chi connectivity index (χ0v) is 15.6. The fourth-order valence-corrected chi connectivity index (χ4v) is 3.31. The third-order valence-corrected chi connectivity index (χ3v) is 4.46. The average molecular weight is 354 g/mol. The summed E-state index contributed by atoms with van der Waals surface area (Å²) in [6.45, 7) is 9.23. The molecule has 138 valence electrons. The highest BCUT2D eigenvalue weighted by molar-refractivity contribution is 5.91. The van der Waals surface area contributed by atoms with Crippen LogP contribution in [0.1, 0.15) is 41.2 Å². The molecule has 2 atom stereocenters. The van der Waals surface area contributed by atoms with Gasteiger partial charge in [-0.25, -0.2) is 4.98 Å². The van der Waals surface area contributed by atoms with E-state index in [-0.39, 0.29) is 18.1 Å². The van der Waals surface area contributed by atoms with E-state index >= 15 is 0 Å². The first-order chi connectivity index (χ1) is 12.5. The predicted octanol–water partition coefficient (Wildman–Crippen LogP) is 2.32. The lowest BCUT2D eigenvalue weighted by atomic mass is 10.1. The van der Waals surface area contributed by atoms with E-state index in [1.807, 2.05) is 19.1 Å². The molecule has 2 aromatic rings. The van der Waals surface area contributed by atoms with Crippen LogP contribution in [0.3, 0.4) is 0 Å². The van der Waals surface area contributed by atoms with Crippen LogP contribution in [0.2, 0.25) is 0 Å². The lowest BCUT2D eigenvalue weighted by Gasteiger charge is -2.35. The minimum atomic E-state index is -0.207. The zero-order chi connectivity index (χ0) is 18.5. The molecule has 1 N–H and O–H groups in total. The Bertz CT molecular complexity index is 738. The smallest absolute Gasteiger partial charge is 0.271 e. The molecule has 1 saturated heterocycles. The number of amides is 1. The van der Waals surface area contributed by atoms with Crippen LogP contribution < -0.4 is 5.32 Å². The van der Waals surface area contributed by atoms with Gasteiger partial charge in [0, 0.05) is 32.4 Å². The van der Waals surface area contributed by atoms with Crippen molar-refractivity contribution in [2.75, 3.05) is 13.1 Å². The number of nitrogens with one attached hydrogen (secondary N) is 1. The second kappa shape index (κ2) is 8.38. The van der Waals surface area contributed by atoms with Crippen LogP contribution in [-0.2, 0) is 17.8 Å². The normalized spacial score (nSPS) is 20.7. The maximum absolute atomic E-state index is 12.3. The molecule has 1 aliphatic heterocycles. The molecule has 1 aromatic heterocycles. The first-order valence-electron chi connectivity index (χ1n) is 9.02. The Balaban J connectivity index is 1.63. The molecule has 6 nitrogen and oxygen atoms in total. The van der Waals surface area contributed by atoms with Gasteiger partial charge in [0.05, 0.1) is 24.1 Å². The lowest BCUT2D eigenvalue weighted by molar-refractivity contribution is -0.0705. The van der Waals surface area contributed by atoms with Crippen LogP contribution in [0.5, 0.6) is 0 Å². The minimum absolute atomic E-state index is 0.207. The van der Waals surface area contributed by atoms with Crippen molar-refractivity contribution in [3.05, 3.63) is 59.2 Å². The molecule has 0 aliphatic carbocycles. The Kier molecular flexibility index (Phi) is 5.96. The quantitative estimate of drug-likeness (QED) is 0.893. The molecule has 26 heavy (non-hydrogen) atoms. The van der Waals surface area contributed by atoms with Crippen molar-refractivity contribution in [2.24, 2.45) is 0 Å². The van der Waals surface area contributed by atoms with E-state index in [0.717, 1.165) is 30.9 Å². The van der Waals surface area contributed by atoms with Crippen LogP contribution in [0.4, 0.5) is 0 Å². The summed E-state index contributed by atoms with van der Waals surface area (Å²) in [6.07, 6.45) is 3.59. The van der Waals surface area contributed by atoms with Crippen molar-refractivity contribution in [1.29, 1.82) is 0 Å². The van der Waals surface area contributed by atoms with E-state index in [4.69, 9.17) is 4.74 Å². The topological polar surface area (TPSA) is 67.4 Å². The number of hydrogen-bond acceptors (Lipinski definition) is 5. The first kappa shape index (κ1) is 18.5. The summed E-state index contributed by atoms with van der Waals surface area (Å²) < 4.78 is 5.81. The molecule has 0 saturated carbocycles. The maximum Gasteiger partial charge on any atom is 0.271 e. The average Bonchev–Trinajstić information content (AvgIpc) is 2.60. The summed E-state index contributed by atoms with van der Waals surface area (Å²) >= 11 is 0. The van der Waals surface area contributed by atoms with E-state index in [2.05, 4.69) is 46.2 Å². The van der Waals surface area contributed by atoms with Gasteiger partial charge in [-0.3, -0.25) is 14.7 Å². The molecule has 1 amide bonds. The molecular formula is C20H26N4O2. The number of benzene rings is 1.